The van der Waals surface area contributed by atoms with Crippen LogP contribution in [0.5, 0.6) is 0 Å². The van der Waals surface area contributed by atoms with Crippen molar-refractivity contribution in [1.82, 2.24) is 34.8 Å². The lowest BCUT2D eigenvalue weighted by Gasteiger charge is -2.31. The average Bonchev–Trinajstić information content (AvgIpc) is 3.47. The number of hydrogen-bond donors (Lipinski definition) is 4. The number of ether oxygens (including phenoxy) is 3. The highest BCUT2D eigenvalue weighted by Gasteiger charge is 2.62. The number of benzene rings is 1. The number of alkyl carbamates (subject to hydrolysis) is 2. The maximum absolute atomic E-state index is 14.5. The van der Waals surface area contributed by atoms with Crippen LogP contribution in [0.1, 0.15) is 90.2 Å². The van der Waals surface area contributed by atoms with Gasteiger partial charge >= 0.3 is 22.4 Å². The minimum Gasteiger partial charge on any atom is -0.444 e. The van der Waals surface area contributed by atoms with E-state index < -0.39 is 81.4 Å². The van der Waals surface area contributed by atoms with Crippen molar-refractivity contribution < 1.29 is 46.6 Å². The Balaban J connectivity index is 1.24. The molecule has 1 aromatic rings. The second-order valence-electron chi connectivity index (χ2n) is 16.9. The molecule has 4 aliphatic heterocycles. The van der Waals surface area contributed by atoms with Crippen molar-refractivity contribution in [3.05, 3.63) is 48.0 Å². The lowest BCUT2D eigenvalue weighted by atomic mass is 10.0. The van der Waals surface area contributed by atoms with Crippen LogP contribution in [-0.4, -0.2) is 134 Å². The molecule has 0 spiro atoms. The Bertz CT molecular complexity index is 1780. The molecule has 1 unspecified atom stereocenters. The first-order valence-corrected chi connectivity index (χ1v) is 22.0. The van der Waals surface area contributed by atoms with E-state index in [9.17, 15) is 32.4 Å². The molecule has 0 aromatic heterocycles. The van der Waals surface area contributed by atoms with Crippen LogP contribution in [-0.2, 0) is 38.8 Å². The van der Waals surface area contributed by atoms with Gasteiger partial charge in [0.15, 0.2) is 0 Å². The topological polar surface area (TPSA) is 205 Å². The smallest absolute Gasteiger partial charge is 0.408 e. The minimum absolute atomic E-state index is 0.103. The highest BCUT2D eigenvalue weighted by molar-refractivity contribution is 7.87. The molecule has 5 amide bonds. The third-order valence-electron chi connectivity index (χ3n) is 11.3. The molecule has 320 valence electrons. The van der Waals surface area contributed by atoms with Crippen molar-refractivity contribution >= 4 is 40.1 Å². The van der Waals surface area contributed by atoms with Crippen molar-refractivity contribution in [2.24, 2.45) is 5.92 Å². The number of hydrogen-bond acceptors (Lipinski definition) is 11. The molecule has 17 nitrogen and oxygen atoms in total. The van der Waals surface area contributed by atoms with E-state index in [4.69, 9.17) is 14.2 Å². The zero-order chi connectivity index (χ0) is 41.5. The van der Waals surface area contributed by atoms with Crippen molar-refractivity contribution in [3.8, 4) is 0 Å². The number of amides is 5. The van der Waals surface area contributed by atoms with Gasteiger partial charge in [-0.2, -0.15) is 12.7 Å². The van der Waals surface area contributed by atoms with Crippen LogP contribution in [0.3, 0.4) is 0 Å². The van der Waals surface area contributed by atoms with E-state index in [1.807, 2.05) is 42.5 Å². The summed E-state index contributed by atoms with van der Waals surface area (Å²) in [6.45, 7) is 8.63. The second kappa shape index (κ2) is 18.8. The number of carbonyl (C=O) groups is 5. The van der Waals surface area contributed by atoms with Crippen molar-refractivity contribution in [2.45, 2.75) is 114 Å². The maximum Gasteiger partial charge on any atom is 0.408 e. The van der Waals surface area contributed by atoms with Crippen molar-refractivity contribution in [3.63, 3.8) is 0 Å². The Kier molecular flexibility index (Phi) is 14.0. The summed E-state index contributed by atoms with van der Waals surface area (Å²) in [5.74, 6) is -2.61. The van der Waals surface area contributed by atoms with Crippen LogP contribution in [0.15, 0.2) is 42.5 Å². The molecule has 4 heterocycles. The van der Waals surface area contributed by atoms with Gasteiger partial charge in [-0.3, -0.25) is 19.3 Å². The standard InChI is InChI=1S/C40H59N7O10S/c1-39(2,3)57-38(52)41-31-17-11-6-4-5-10-16-29-25-40(29,36(50)44-58(53,54)46-18-12-13-19-46)43-34(48)33-24-30(26-47(33)35(31)49)56-37(51)42-32(28-14-8-7-9-15-28)27-45-20-22-55-23-21-45/h7-10,14-16,29-33H,4-6,11-13,17-27H2,1-3H3,(H,41,52)(H,42,51)(H,43,48)(H,44,50)/b16-10+/t29-,30-,31+,32-,33?,40-/m1/s1. The molecular formula is C40H59N7O10S. The molecule has 1 aromatic carbocycles. The molecule has 58 heavy (non-hydrogen) atoms. The molecule has 1 saturated carbocycles. The van der Waals surface area contributed by atoms with E-state index in [0.29, 0.717) is 58.5 Å². The van der Waals surface area contributed by atoms with Crippen LogP contribution >= 0.6 is 0 Å². The number of fused-ring (bicyclic) bond motifs is 2. The number of nitrogens with zero attached hydrogens (tertiary/aromatic N) is 3. The third kappa shape index (κ3) is 11.3. The van der Waals surface area contributed by atoms with E-state index >= 15 is 0 Å². The summed E-state index contributed by atoms with van der Waals surface area (Å²) in [4.78, 5) is 73.0. The van der Waals surface area contributed by atoms with Gasteiger partial charge in [-0.25, -0.2) is 14.3 Å². The van der Waals surface area contributed by atoms with E-state index in [1.54, 1.807) is 20.8 Å². The van der Waals surface area contributed by atoms with E-state index in [-0.39, 0.29) is 38.9 Å². The fourth-order valence-electron chi connectivity index (χ4n) is 8.11. The van der Waals surface area contributed by atoms with Gasteiger partial charge in [0.2, 0.25) is 11.8 Å². The molecule has 4 fully saturated rings. The quantitative estimate of drug-likeness (QED) is 0.266. The Morgan fingerprint density at radius 1 is 0.983 bits per heavy atom. The van der Waals surface area contributed by atoms with Crippen LogP contribution in [0, 0.1) is 5.92 Å². The van der Waals surface area contributed by atoms with Crippen LogP contribution in [0.25, 0.3) is 0 Å². The Hall–Kier alpha value is -4.26. The van der Waals surface area contributed by atoms with Crippen molar-refractivity contribution in [2.75, 3.05) is 52.5 Å². The number of morpholine rings is 1. The Morgan fingerprint density at radius 2 is 1.71 bits per heavy atom. The molecule has 6 rings (SSSR count). The highest BCUT2D eigenvalue weighted by Crippen LogP contribution is 2.46. The number of allylic oxidation sites excluding steroid dienone is 1. The summed E-state index contributed by atoms with van der Waals surface area (Å²) in [5, 5.41) is 8.54. The van der Waals surface area contributed by atoms with Gasteiger partial charge in [-0.15, -0.1) is 0 Å². The van der Waals surface area contributed by atoms with Crippen LogP contribution in [0.2, 0.25) is 0 Å². The van der Waals surface area contributed by atoms with E-state index in [2.05, 4.69) is 25.6 Å². The zero-order valence-electron chi connectivity index (χ0n) is 33.8. The predicted octanol–water partition coefficient (Wildman–Crippen LogP) is 2.50. The summed E-state index contributed by atoms with van der Waals surface area (Å²) in [7, 11) is -4.16. The lowest BCUT2D eigenvalue weighted by Crippen LogP contribution is -2.59. The molecule has 3 saturated heterocycles. The normalized spacial score (nSPS) is 28.7. The van der Waals surface area contributed by atoms with Gasteiger partial charge in [0.1, 0.15) is 29.3 Å². The fraction of sp³-hybridized carbons (Fsp3) is 0.675. The molecule has 0 radical (unpaired) electrons. The molecule has 5 aliphatic rings. The first-order valence-electron chi connectivity index (χ1n) is 20.6. The molecule has 0 bridgehead atoms. The minimum atomic E-state index is -4.16. The van der Waals surface area contributed by atoms with Gasteiger partial charge in [0.25, 0.3) is 5.91 Å². The molecular weight excluding hydrogens is 771 g/mol. The summed E-state index contributed by atoms with van der Waals surface area (Å²) in [6, 6.07) is 6.78. The van der Waals surface area contributed by atoms with Gasteiger partial charge < -0.3 is 35.1 Å². The summed E-state index contributed by atoms with van der Waals surface area (Å²) in [6.07, 6.45) is 5.73. The van der Waals surface area contributed by atoms with Gasteiger partial charge in [0.05, 0.1) is 25.8 Å². The number of nitrogens with one attached hydrogen (secondary N) is 4. The monoisotopic (exact) mass is 829 g/mol. The zero-order valence-corrected chi connectivity index (χ0v) is 34.6. The van der Waals surface area contributed by atoms with Gasteiger partial charge in [0, 0.05) is 45.1 Å². The van der Waals surface area contributed by atoms with Gasteiger partial charge in [-0.1, -0.05) is 55.3 Å². The number of carbonyl (C=O) groups excluding carboxylic acids is 5. The molecule has 6 atom stereocenters. The Morgan fingerprint density at radius 3 is 2.41 bits per heavy atom. The summed E-state index contributed by atoms with van der Waals surface area (Å²) in [5.41, 5.74) is -1.54. The molecule has 4 N–H and O–H groups in total. The lowest BCUT2D eigenvalue weighted by molar-refractivity contribution is -0.141. The first kappa shape index (κ1) is 43.3. The maximum atomic E-state index is 14.5. The SMILES string of the molecule is CC(C)(C)OC(=O)N[C@H]1CCCCC/C=C/[C@@H]2C[C@@]2(C(=O)NS(=O)(=O)N2CCCC2)NC(=O)C2C[C@@H](OC(=O)N[C@H](CN3CCOCC3)c3ccccc3)CN2C1=O. The largest absolute Gasteiger partial charge is 0.444 e. The average molecular weight is 830 g/mol. The second-order valence-corrected chi connectivity index (χ2v) is 18.5. The van der Waals surface area contributed by atoms with Gasteiger partial charge in [-0.05, 0) is 64.9 Å². The third-order valence-corrected chi connectivity index (χ3v) is 12.8. The first-order chi connectivity index (χ1) is 27.6. The molecule has 18 heteroatoms. The predicted molar refractivity (Wildman–Crippen MR) is 212 cm³/mol. The Labute approximate surface area is 341 Å². The fourth-order valence-corrected chi connectivity index (χ4v) is 9.39. The van der Waals surface area contributed by atoms with Crippen LogP contribution in [0.4, 0.5) is 9.59 Å². The van der Waals surface area contributed by atoms with E-state index in [0.717, 1.165) is 18.4 Å². The highest BCUT2D eigenvalue weighted by atomic mass is 32.2. The summed E-state index contributed by atoms with van der Waals surface area (Å²) < 4.78 is 46.8. The van der Waals surface area contributed by atoms with Crippen molar-refractivity contribution in [1.29, 1.82) is 0 Å². The number of rotatable bonds is 9. The molecule has 1 aliphatic carbocycles. The van der Waals surface area contributed by atoms with Crippen LogP contribution < -0.4 is 20.7 Å². The summed E-state index contributed by atoms with van der Waals surface area (Å²) >= 11 is 0. The van der Waals surface area contributed by atoms with E-state index in [1.165, 1.54) is 9.21 Å².